The summed E-state index contributed by atoms with van der Waals surface area (Å²) < 4.78 is 33.9. The molecule has 0 spiro atoms. The second-order valence-electron chi connectivity index (χ2n) is 6.41. The number of aromatic nitrogens is 1. The molecular weight excluding hydrogens is 368 g/mol. The molecule has 1 aromatic heterocycles. The van der Waals surface area contributed by atoms with Crippen molar-refractivity contribution in [3.05, 3.63) is 48.2 Å². The number of fused-ring (bicyclic) bond motifs is 1. The normalized spacial score (nSPS) is 17.5. The molecule has 8 nitrogen and oxygen atoms in total. The summed E-state index contributed by atoms with van der Waals surface area (Å²) in [6, 6.07) is 10.6. The van der Waals surface area contributed by atoms with Gasteiger partial charge in [-0.15, -0.1) is 0 Å². The molecule has 4 rings (SSSR count). The Bertz CT molecular complexity index is 975. The highest BCUT2D eigenvalue weighted by Gasteiger charge is 2.47. The predicted molar refractivity (Wildman–Crippen MR) is 101 cm³/mol. The Kier molecular flexibility index (Phi) is 4.39. The molecule has 1 aliphatic heterocycles. The lowest BCUT2D eigenvalue weighted by molar-refractivity contribution is 0.0951. The summed E-state index contributed by atoms with van der Waals surface area (Å²) in [5, 5.41) is 2.75. The van der Waals surface area contributed by atoms with Crippen LogP contribution in [0.15, 0.2) is 42.6 Å². The van der Waals surface area contributed by atoms with E-state index in [1.165, 1.54) is 21.9 Å². The van der Waals surface area contributed by atoms with Crippen LogP contribution >= 0.6 is 0 Å². The van der Waals surface area contributed by atoms with Crippen molar-refractivity contribution in [2.24, 2.45) is 0 Å². The van der Waals surface area contributed by atoms with Gasteiger partial charge in [0.25, 0.3) is 5.91 Å². The number of carbonyl (C=O) groups is 1. The third kappa shape index (κ3) is 3.08. The molecule has 27 heavy (non-hydrogen) atoms. The average molecular weight is 388 g/mol. The maximum atomic E-state index is 13.0. The van der Waals surface area contributed by atoms with Crippen LogP contribution in [0.4, 0.5) is 11.4 Å². The van der Waals surface area contributed by atoms with E-state index in [0.717, 1.165) is 12.8 Å². The van der Waals surface area contributed by atoms with Crippen LogP contribution in [0.5, 0.6) is 5.88 Å². The van der Waals surface area contributed by atoms with Crippen LogP contribution in [-0.4, -0.2) is 45.6 Å². The number of anilines is 2. The van der Waals surface area contributed by atoms with E-state index in [1.54, 1.807) is 18.2 Å². The zero-order valence-corrected chi connectivity index (χ0v) is 15.6. The fourth-order valence-corrected chi connectivity index (χ4v) is 5.17. The number of nitrogens with one attached hydrogen (secondary N) is 1. The summed E-state index contributed by atoms with van der Waals surface area (Å²) in [6.45, 7) is 0.319. The minimum Gasteiger partial charge on any atom is -0.480 e. The highest BCUT2D eigenvalue weighted by molar-refractivity contribution is 7.94. The van der Waals surface area contributed by atoms with Crippen molar-refractivity contribution in [3.8, 4) is 5.88 Å². The number of pyridine rings is 1. The molecular formula is C18H20N4O4S. The summed E-state index contributed by atoms with van der Waals surface area (Å²) >= 11 is 0. The number of hydrogen-bond acceptors (Lipinski definition) is 5. The molecule has 1 aromatic carbocycles. The van der Waals surface area contributed by atoms with Gasteiger partial charge in [0.05, 0.1) is 25.0 Å². The first kappa shape index (κ1) is 17.6. The van der Waals surface area contributed by atoms with Gasteiger partial charge in [0.1, 0.15) is 5.56 Å². The summed E-state index contributed by atoms with van der Waals surface area (Å²) in [5.74, 6) is -0.127. The Morgan fingerprint density at radius 3 is 2.67 bits per heavy atom. The summed E-state index contributed by atoms with van der Waals surface area (Å²) in [7, 11) is -2.18. The number of amides is 1. The molecule has 0 unspecified atom stereocenters. The minimum absolute atomic E-state index is 0.0374. The van der Waals surface area contributed by atoms with Gasteiger partial charge in [-0.2, -0.15) is 8.42 Å². The van der Waals surface area contributed by atoms with Gasteiger partial charge in [0.2, 0.25) is 5.88 Å². The zero-order chi connectivity index (χ0) is 19.0. The molecule has 9 heteroatoms. The third-order valence-electron chi connectivity index (χ3n) is 4.60. The van der Waals surface area contributed by atoms with Gasteiger partial charge < -0.3 is 10.1 Å². The monoisotopic (exact) mass is 388 g/mol. The molecule has 2 aliphatic rings. The maximum absolute atomic E-state index is 13.0. The van der Waals surface area contributed by atoms with Crippen LogP contribution in [0.2, 0.25) is 0 Å². The molecule has 142 valence electrons. The first-order valence-corrected chi connectivity index (χ1v) is 10.1. The van der Waals surface area contributed by atoms with E-state index in [9.17, 15) is 13.2 Å². The Morgan fingerprint density at radius 1 is 1.22 bits per heavy atom. The highest BCUT2D eigenvalue weighted by atomic mass is 32.2. The number of carbonyl (C=O) groups excluding carboxylic acids is 1. The number of methoxy groups -OCH3 is 1. The zero-order valence-electron chi connectivity index (χ0n) is 14.8. The fraction of sp³-hybridized carbons (Fsp3) is 0.333. The fourth-order valence-electron chi connectivity index (χ4n) is 3.24. The standard InChI is InChI=1S/C18H20N4O4S/c1-26-18-14(5-4-10-20-18)17(23)19-11-12-21-15-6-2-3-7-16(15)22(13-8-9-13)27(21,24)25/h2-7,10,13H,8-9,11-12H2,1H3,(H,19,23). The SMILES string of the molecule is COc1ncccc1C(=O)NCCN1c2ccccc2N(C2CC2)S1(=O)=O. The topological polar surface area (TPSA) is 91.8 Å². The number of rotatable bonds is 6. The third-order valence-corrected chi connectivity index (χ3v) is 6.53. The Morgan fingerprint density at radius 2 is 1.96 bits per heavy atom. The van der Waals surface area contributed by atoms with E-state index in [4.69, 9.17) is 4.74 Å². The predicted octanol–water partition coefficient (Wildman–Crippen LogP) is 1.55. The molecule has 1 saturated carbocycles. The lowest BCUT2D eigenvalue weighted by atomic mass is 10.2. The molecule has 0 atom stereocenters. The van der Waals surface area contributed by atoms with Crippen LogP contribution in [0.25, 0.3) is 0 Å². The van der Waals surface area contributed by atoms with Crippen LogP contribution < -0.4 is 18.7 Å². The van der Waals surface area contributed by atoms with Crippen molar-refractivity contribution < 1.29 is 17.9 Å². The Labute approximate surface area is 157 Å². The van der Waals surface area contributed by atoms with Gasteiger partial charge in [-0.3, -0.25) is 4.79 Å². The van der Waals surface area contributed by atoms with E-state index in [1.807, 2.05) is 18.2 Å². The van der Waals surface area contributed by atoms with E-state index in [2.05, 4.69) is 10.3 Å². The van der Waals surface area contributed by atoms with E-state index >= 15 is 0 Å². The molecule has 1 aliphatic carbocycles. The second kappa shape index (κ2) is 6.73. The minimum atomic E-state index is -3.62. The van der Waals surface area contributed by atoms with Gasteiger partial charge in [-0.1, -0.05) is 12.1 Å². The number of hydrogen-bond donors (Lipinski definition) is 1. The van der Waals surface area contributed by atoms with E-state index in [0.29, 0.717) is 16.9 Å². The van der Waals surface area contributed by atoms with Crippen molar-refractivity contribution in [2.45, 2.75) is 18.9 Å². The molecule has 1 N–H and O–H groups in total. The van der Waals surface area contributed by atoms with Crippen molar-refractivity contribution in [1.29, 1.82) is 0 Å². The molecule has 1 amide bonds. The van der Waals surface area contributed by atoms with Crippen LogP contribution in [0.3, 0.4) is 0 Å². The highest BCUT2D eigenvalue weighted by Crippen LogP contribution is 2.46. The van der Waals surface area contributed by atoms with Crippen LogP contribution in [0.1, 0.15) is 23.2 Å². The lowest BCUT2D eigenvalue weighted by Crippen LogP contribution is -2.42. The number of ether oxygens (including phenoxy) is 1. The van der Waals surface area contributed by atoms with Gasteiger partial charge in [-0.05, 0) is 37.1 Å². The average Bonchev–Trinajstić information content (AvgIpc) is 3.47. The van der Waals surface area contributed by atoms with E-state index < -0.39 is 10.2 Å². The molecule has 2 aromatic rings. The number of nitrogens with zero attached hydrogens (tertiary/aromatic N) is 3. The first-order chi connectivity index (χ1) is 13.0. The first-order valence-electron chi connectivity index (χ1n) is 8.72. The molecule has 1 fully saturated rings. The van der Waals surface area contributed by atoms with Crippen LogP contribution in [-0.2, 0) is 10.2 Å². The molecule has 2 heterocycles. The molecule has 0 saturated heterocycles. The van der Waals surface area contributed by atoms with Gasteiger partial charge >= 0.3 is 10.2 Å². The molecule has 0 bridgehead atoms. The summed E-state index contributed by atoms with van der Waals surface area (Å²) in [4.78, 5) is 16.4. The smallest absolute Gasteiger partial charge is 0.326 e. The lowest BCUT2D eigenvalue weighted by Gasteiger charge is -2.21. The van der Waals surface area contributed by atoms with Gasteiger partial charge in [0.15, 0.2) is 0 Å². The Balaban J connectivity index is 1.49. The quantitative estimate of drug-likeness (QED) is 0.811. The number of para-hydroxylation sites is 2. The Hall–Kier alpha value is -2.81. The van der Waals surface area contributed by atoms with Crippen LogP contribution in [0, 0.1) is 0 Å². The van der Waals surface area contributed by atoms with Gasteiger partial charge in [-0.25, -0.2) is 13.6 Å². The maximum Gasteiger partial charge on any atom is 0.326 e. The summed E-state index contributed by atoms with van der Waals surface area (Å²) in [5.41, 5.74) is 1.67. The largest absolute Gasteiger partial charge is 0.480 e. The molecule has 0 radical (unpaired) electrons. The van der Waals surface area contributed by atoms with Crippen molar-refractivity contribution in [2.75, 3.05) is 28.8 Å². The van der Waals surface area contributed by atoms with Gasteiger partial charge in [0, 0.05) is 18.8 Å². The van der Waals surface area contributed by atoms with Crippen molar-refractivity contribution >= 4 is 27.5 Å². The van der Waals surface area contributed by atoms with Crippen molar-refractivity contribution in [1.82, 2.24) is 10.3 Å². The summed E-state index contributed by atoms with van der Waals surface area (Å²) in [6.07, 6.45) is 3.29. The second-order valence-corrected chi connectivity index (χ2v) is 8.14. The van der Waals surface area contributed by atoms with Crippen molar-refractivity contribution in [3.63, 3.8) is 0 Å². The van der Waals surface area contributed by atoms with E-state index in [-0.39, 0.29) is 30.9 Å². The number of benzene rings is 1.